The van der Waals surface area contributed by atoms with E-state index in [1.165, 1.54) is 0 Å². The Morgan fingerprint density at radius 1 is 1.35 bits per heavy atom. The first-order valence-electron chi connectivity index (χ1n) is 9.32. The lowest BCUT2D eigenvalue weighted by atomic mass is 9.71. The summed E-state index contributed by atoms with van der Waals surface area (Å²) >= 11 is 0. The van der Waals surface area contributed by atoms with E-state index in [1.807, 2.05) is 13.8 Å². The topological polar surface area (TPSA) is 50.2 Å². The van der Waals surface area contributed by atoms with E-state index in [0.29, 0.717) is 35.2 Å². The number of aromatic nitrogens is 1. The standard InChI is InChI=1S/C21H27F2NO2/c1-12(2)19-14(11-25)17(13-5-7-21(22,23)8-6-13)18-15(24-19)9-20(3,4)10-16(18)26/h5,11-12,16,26H,6-10H2,1-4H3. The lowest BCUT2D eigenvalue weighted by Gasteiger charge is -2.37. The second-order valence-corrected chi connectivity index (χ2v) is 8.77. The van der Waals surface area contributed by atoms with Crippen LogP contribution in [-0.4, -0.2) is 22.3 Å². The fraction of sp³-hybridized carbons (Fsp3) is 0.619. The summed E-state index contributed by atoms with van der Waals surface area (Å²) in [5, 5.41) is 10.8. The molecule has 26 heavy (non-hydrogen) atoms. The number of carbonyl (C=O) groups is 1. The Balaban J connectivity index is 2.26. The molecule has 3 rings (SSSR count). The van der Waals surface area contributed by atoms with Crippen LogP contribution in [0.1, 0.15) is 98.3 Å². The van der Waals surface area contributed by atoms with Gasteiger partial charge in [-0.3, -0.25) is 9.78 Å². The minimum Gasteiger partial charge on any atom is -0.388 e. The Morgan fingerprint density at radius 2 is 2.04 bits per heavy atom. The number of rotatable bonds is 3. The van der Waals surface area contributed by atoms with Crippen LogP contribution in [0.25, 0.3) is 5.57 Å². The number of hydrogen-bond acceptors (Lipinski definition) is 3. The van der Waals surface area contributed by atoms with Crippen LogP contribution >= 0.6 is 0 Å². The summed E-state index contributed by atoms with van der Waals surface area (Å²) in [6.07, 6.45) is 2.51. The summed E-state index contributed by atoms with van der Waals surface area (Å²) in [7, 11) is 0. The molecule has 0 amide bonds. The molecule has 1 atom stereocenters. The van der Waals surface area contributed by atoms with Crippen molar-refractivity contribution in [3.63, 3.8) is 0 Å². The summed E-state index contributed by atoms with van der Waals surface area (Å²) in [5.41, 5.74) is 3.93. The summed E-state index contributed by atoms with van der Waals surface area (Å²) in [4.78, 5) is 16.7. The molecular formula is C21H27F2NO2. The maximum absolute atomic E-state index is 13.6. The van der Waals surface area contributed by atoms with E-state index < -0.39 is 12.0 Å². The van der Waals surface area contributed by atoms with Crippen molar-refractivity contribution in [2.24, 2.45) is 5.41 Å². The minimum atomic E-state index is -2.70. The van der Waals surface area contributed by atoms with Crippen molar-refractivity contribution >= 4 is 11.9 Å². The maximum atomic E-state index is 13.6. The van der Waals surface area contributed by atoms with E-state index in [2.05, 4.69) is 13.8 Å². The highest BCUT2D eigenvalue weighted by Gasteiger charge is 2.38. The molecule has 0 fully saturated rings. The molecule has 0 saturated heterocycles. The van der Waals surface area contributed by atoms with Gasteiger partial charge in [-0.05, 0) is 41.7 Å². The molecule has 0 saturated carbocycles. The van der Waals surface area contributed by atoms with Gasteiger partial charge in [-0.15, -0.1) is 0 Å². The molecule has 142 valence electrons. The van der Waals surface area contributed by atoms with Gasteiger partial charge in [-0.25, -0.2) is 8.78 Å². The number of halogens is 2. The van der Waals surface area contributed by atoms with Gasteiger partial charge in [0.05, 0.1) is 11.8 Å². The first kappa shape index (κ1) is 19.2. The second kappa shape index (κ2) is 6.52. The first-order chi connectivity index (χ1) is 12.0. The van der Waals surface area contributed by atoms with Crippen LogP contribution in [-0.2, 0) is 6.42 Å². The largest absolute Gasteiger partial charge is 0.388 e. The van der Waals surface area contributed by atoms with Crippen molar-refractivity contribution < 1.29 is 18.7 Å². The van der Waals surface area contributed by atoms with Crippen LogP contribution in [0, 0.1) is 5.41 Å². The Morgan fingerprint density at radius 3 is 2.58 bits per heavy atom. The molecule has 1 N–H and O–H groups in total. The fourth-order valence-electron chi connectivity index (χ4n) is 4.25. The molecule has 1 heterocycles. The number of carbonyl (C=O) groups excluding carboxylic acids is 1. The van der Waals surface area contributed by atoms with Gasteiger partial charge in [0, 0.05) is 29.7 Å². The van der Waals surface area contributed by atoms with Gasteiger partial charge < -0.3 is 5.11 Å². The number of alkyl halides is 2. The van der Waals surface area contributed by atoms with Crippen molar-refractivity contribution in [2.75, 3.05) is 0 Å². The van der Waals surface area contributed by atoms with Gasteiger partial charge in [-0.1, -0.05) is 33.8 Å². The summed E-state index contributed by atoms with van der Waals surface area (Å²) in [6, 6.07) is 0. The van der Waals surface area contributed by atoms with Crippen molar-refractivity contribution in [3.05, 3.63) is 34.2 Å². The van der Waals surface area contributed by atoms with Gasteiger partial charge in [-0.2, -0.15) is 0 Å². The number of aldehydes is 1. The Kier molecular flexibility index (Phi) is 4.80. The monoisotopic (exact) mass is 363 g/mol. The normalized spacial score (nSPS) is 24.2. The van der Waals surface area contributed by atoms with E-state index in [1.54, 1.807) is 6.08 Å². The summed E-state index contributed by atoms with van der Waals surface area (Å²) in [6.45, 7) is 8.12. The zero-order valence-electron chi connectivity index (χ0n) is 15.9. The third kappa shape index (κ3) is 3.46. The summed E-state index contributed by atoms with van der Waals surface area (Å²) in [5.74, 6) is -2.66. The molecule has 0 bridgehead atoms. The van der Waals surface area contributed by atoms with E-state index in [-0.39, 0.29) is 30.6 Å². The molecule has 0 radical (unpaired) electrons. The first-order valence-corrected chi connectivity index (χ1v) is 9.32. The lowest BCUT2D eigenvalue weighted by Crippen LogP contribution is -2.29. The minimum absolute atomic E-state index is 0.0343. The SMILES string of the molecule is CC(C)c1nc2c(c(C3=CCC(F)(F)CC3)c1C=O)C(O)CC(C)(C)C2. The highest BCUT2D eigenvalue weighted by atomic mass is 19.3. The fourth-order valence-corrected chi connectivity index (χ4v) is 4.25. The van der Waals surface area contributed by atoms with Crippen molar-refractivity contribution in [1.82, 2.24) is 4.98 Å². The Bertz CT molecular complexity index is 766. The number of aliphatic hydroxyl groups excluding tert-OH is 1. The predicted molar refractivity (Wildman–Crippen MR) is 97.6 cm³/mol. The number of hydrogen-bond donors (Lipinski definition) is 1. The van der Waals surface area contributed by atoms with Crippen molar-refractivity contribution in [3.8, 4) is 0 Å². The number of pyridine rings is 1. The van der Waals surface area contributed by atoms with Crippen LogP contribution in [0.2, 0.25) is 0 Å². The van der Waals surface area contributed by atoms with E-state index in [9.17, 15) is 18.7 Å². The quantitative estimate of drug-likeness (QED) is 0.749. The van der Waals surface area contributed by atoms with Crippen LogP contribution in [0.15, 0.2) is 6.08 Å². The Hall–Kier alpha value is -1.62. The molecule has 2 aliphatic carbocycles. The molecular weight excluding hydrogens is 336 g/mol. The Labute approximate surface area is 153 Å². The number of allylic oxidation sites excluding steroid dienone is 2. The number of nitrogens with zero attached hydrogens (tertiary/aromatic N) is 1. The zero-order chi connectivity index (χ0) is 19.3. The molecule has 0 aliphatic heterocycles. The second-order valence-electron chi connectivity index (χ2n) is 8.77. The predicted octanol–water partition coefficient (Wildman–Crippen LogP) is 5.23. The van der Waals surface area contributed by atoms with Crippen molar-refractivity contribution in [1.29, 1.82) is 0 Å². The van der Waals surface area contributed by atoms with E-state index in [4.69, 9.17) is 4.98 Å². The summed E-state index contributed by atoms with van der Waals surface area (Å²) < 4.78 is 27.3. The van der Waals surface area contributed by atoms with Gasteiger partial charge in [0.2, 0.25) is 0 Å². The average Bonchev–Trinajstić information content (AvgIpc) is 2.52. The highest BCUT2D eigenvalue weighted by Crippen LogP contribution is 2.47. The molecule has 0 aromatic carbocycles. The lowest BCUT2D eigenvalue weighted by molar-refractivity contribution is -0.00605. The van der Waals surface area contributed by atoms with Crippen LogP contribution in [0.5, 0.6) is 0 Å². The number of fused-ring (bicyclic) bond motifs is 1. The molecule has 1 aromatic rings. The highest BCUT2D eigenvalue weighted by molar-refractivity contribution is 5.89. The average molecular weight is 363 g/mol. The van der Waals surface area contributed by atoms with Gasteiger partial charge >= 0.3 is 0 Å². The van der Waals surface area contributed by atoms with Gasteiger partial charge in [0.15, 0.2) is 6.29 Å². The molecule has 2 aliphatic rings. The molecule has 3 nitrogen and oxygen atoms in total. The van der Waals surface area contributed by atoms with Crippen LogP contribution < -0.4 is 0 Å². The molecule has 1 aromatic heterocycles. The van der Waals surface area contributed by atoms with Crippen molar-refractivity contribution in [2.45, 2.75) is 77.7 Å². The molecule has 0 spiro atoms. The van der Waals surface area contributed by atoms with Crippen LogP contribution in [0.4, 0.5) is 8.78 Å². The van der Waals surface area contributed by atoms with Gasteiger partial charge in [0.25, 0.3) is 5.92 Å². The molecule has 5 heteroatoms. The van der Waals surface area contributed by atoms with Crippen LogP contribution in [0.3, 0.4) is 0 Å². The zero-order valence-corrected chi connectivity index (χ0v) is 15.9. The maximum Gasteiger partial charge on any atom is 0.251 e. The third-order valence-corrected chi connectivity index (χ3v) is 5.50. The van der Waals surface area contributed by atoms with E-state index in [0.717, 1.165) is 17.6 Å². The third-order valence-electron chi connectivity index (χ3n) is 5.50. The number of aliphatic hydroxyl groups is 1. The van der Waals surface area contributed by atoms with Gasteiger partial charge in [0.1, 0.15) is 0 Å². The molecule has 1 unspecified atom stereocenters. The smallest absolute Gasteiger partial charge is 0.251 e. The van der Waals surface area contributed by atoms with E-state index >= 15 is 0 Å².